The molecule has 1 saturated heterocycles. The van der Waals surface area contributed by atoms with Crippen LogP contribution in [-0.4, -0.2) is 46.8 Å². The second kappa shape index (κ2) is 5.91. The first-order valence-electron chi connectivity index (χ1n) is 5.64. The quantitative estimate of drug-likeness (QED) is 0.518. The molecule has 1 aliphatic rings. The molecule has 0 radical (unpaired) electrons. The summed E-state index contributed by atoms with van der Waals surface area (Å²) in [6, 6.07) is 0. The lowest BCUT2D eigenvalue weighted by Crippen LogP contribution is -2.40. The van der Waals surface area contributed by atoms with Crippen LogP contribution in [0.25, 0.3) is 0 Å². The van der Waals surface area contributed by atoms with E-state index in [4.69, 9.17) is 11.6 Å². The van der Waals surface area contributed by atoms with E-state index in [1.807, 2.05) is 0 Å². The van der Waals surface area contributed by atoms with Gasteiger partial charge in [-0.2, -0.15) is 0 Å². The lowest BCUT2D eigenvalue weighted by molar-refractivity contribution is 0.0168. The standard InChI is InChI=1S/C10H22ClN3/c1-4-7-13-9-12(6-3)10(11)14(13)8-5-2/h10H,4-9H2,1-3H3. The second-order valence-corrected chi connectivity index (χ2v) is 4.14. The number of alkyl halides is 1. The molecule has 0 aromatic rings. The summed E-state index contributed by atoms with van der Waals surface area (Å²) in [7, 11) is 0. The molecule has 3 nitrogen and oxygen atoms in total. The highest BCUT2D eigenvalue weighted by atomic mass is 35.5. The number of halogens is 1. The zero-order valence-corrected chi connectivity index (χ0v) is 10.3. The Labute approximate surface area is 92.6 Å². The molecule has 0 amide bonds. The Bertz CT molecular complexity index is 165. The average Bonchev–Trinajstić information content (AvgIpc) is 2.47. The number of hydrazine groups is 1. The van der Waals surface area contributed by atoms with Crippen LogP contribution < -0.4 is 0 Å². The Kier molecular flexibility index (Phi) is 5.17. The van der Waals surface area contributed by atoms with E-state index in [-0.39, 0.29) is 5.62 Å². The molecule has 0 aliphatic carbocycles. The van der Waals surface area contributed by atoms with Crippen molar-refractivity contribution in [2.24, 2.45) is 0 Å². The van der Waals surface area contributed by atoms with Gasteiger partial charge in [0, 0.05) is 13.1 Å². The Balaban J connectivity index is 2.56. The molecule has 0 N–H and O–H groups in total. The van der Waals surface area contributed by atoms with Gasteiger partial charge in [0.05, 0.1) is 6.67 Å². The Morgan fingerprint density at radius 3 is 2.29 bits per heavy atom. The maximum atomic E-state index is 6.36. The Morgan fingerprint density at radius 2 is 1.79 bits per heavy atom. The third kappa shape index (κ3) is 2.60. The van der Waals surface area contributed by atoms with Crippen LogP contribution in [0.2, 0.25) is 0 Å². The fraction of sp³-hybridized carbons (Fsp3) is 1.00. The topological polar surface area (TPSA) is 9.72 Å². The lowest BCUT2D eigenvalue weighted by Gasteiger charge is -2.28. The Morgan fingerprint density at radius 1 is 1.14 bits per heavy atom. The minimum atomic E-state index is 0.0616. The van der Waals surface area contributed by atoms with Gasteiger partial charge in [0.2, 0.25) is 0 Å². The van der Waals surface area contributed by atoms with Crippen LogP contribution in [0.1, 0.15) is 33.6 Å². The first kappa shape index (κ1) is 12.2. The highest BCUT2D eigenvalue weighted by Gasteiger charge is 2.34. The third-order valence-electron chi connectivity index (χ3n) is 2.60. The SMILES string of the molecule is CCCN1CN(CC)C(Cl)N1CCC. The molecule has 0 saturated carbocycles. The fourth-order valence-electron chi connectivity index (χ4n) is 1.87. The minimum absolute atomic E-state index is 0.0616. The van der Waals surface area contributed by atoms with Gasteiger partial charge in [-0.15, -0.1) is 0 Å². The van der Waals surface area contributed by atoms with Gasteiger partial charge in [0.1, 0.15) is 0 Å². The van der Waals surface area contributed by atoms with Gasteiger partial charge < -0.3 is 0 Å². The van der Waals surface area contributed by atoms with Crippen molar-refractivity contribution in [3.05, 3.63) is 0 Å². The van der Waals surface area contributed by atoms with Crippen LogP contribution in [0.5, 0.6) is 0 Å². The number of hydrogen-bond acceptors (Lipinski definition) is 3. The van der Waals surface area contributed by atoms with E-state index in [9.17, 15) is 0 Å². The molecule has 1 unspecified atom stereocenters. The zero-order valence-electron chi connectivity index (χ0n) is 9.54. The summed E-state index contributed by atoms with van der Waals surface area (Å²) in [6.45, 7) is 10.7. The summed E-state index contributed by atoms with van der Waals surface area (Å²) in [5.74, 6) is 0. The van der Waals surface area contributed by atoms with Crippen molar-refractivity contribution in [2.75, 3.05) is 26.3 Å². The van der Waals surface area contributed by atoms with E-state index in [0.29, 0.717) is 0 Å². The maximum Gasteiger partial charge on any atom is 0.154 e. The smallest absolute Gasteiger partial charge is 0.154 e. The van der Waals surface area contributed by atoms with Crippen molar-refractivity contribution in [1.29, 1.82) is 0 Å². The van der Waals surface area contributed by atoms with Gasteiger partial charge in [0.25, 0.3) is 0 Å². The van der Waals surface area contributed by atoms with Gasteiger partial charge in [-0.05, 0) is 19.4 Å². The minimum Gasteiger partial charge on any atom is -0.260 e. The molecule has 1 heterocycles. The maximum absolute atomic E-state index is 6.36. The van der Waals surface area contributed by atoms with E-state index in [1.165, 1.54) is 6.42 Å². The molecule has 1 aliphatic heterocycles. The summed E-state index contributed by atoms with van der Waals surface area (Å²) in [5, 5.41) is 4.65. The van der Waals surface area contributed by atoms with Crippen LogP contribution in [0.4, 0.5) is 0 Å². The van der Waals surface area contributed by atoms with E-state index in [0.717, 1.165) is 32.7 Å². The van der Waals surface area contributed by atoms with Crippen molar-refractivity contribution in [3.8, 4) is 0 Å². The molecule has 84 valence electrons. The summed E-state index contributed by atoms with van der Waals surface area (Å²) < 4.78 is 0. The molecule has 0 bridgehead atoms. The van der Waals surface area contributed by atoms with Gasteiger partial charge in [-0.25, -0.2) is 10.0 Å². The van der Waals surface area contributed by atoms with Crippen molar-refractivity contribution in [3.63, 3.8) is 0 Å². The number of rotatable bonds is 5. The lowest BCUT2D eigenvalue weighted by atomic mass is 10.4. The van der Waals surface area contributed by atoms with Crippen LogP contribution in [0.3, 0.4) is 0 Å². The largest absolute Gasteiger partial charge is 0.260 e. The van der Waals surface area contributed by atoms with Crippen LogP contribution in [0.15, 0.2) is 0 Å². The van der Waals surface area contributed by atoms with Gasteiger partial charge >= 0.3 is 0 Å². The van der Waals surface area contributed by atoms with Crippen molar-refractivity contribution in [1.82, 2.24) is 14.9 Å². The van der Waals surface area contributed by atoms with Gasteiger partial charge in [-0.1, -0.05) is 32.4 Å². The number of hydrogen-bond donors (Lipinski definition) is 0. The average molecular weight is 220 g/mol. The molecular weight excluding hydrogens is 198 g/mol. The van der Waals surface area contributed by atoms with Crippen molar-refractivity contribution in [2.45, 2.75) is 39.2 Å². The molecule has 0 aromatic heterocycles. The highest BCUT2D eigenvalue weighted by molar-refractivity contribution is 6.20. The normalized spacial score (nSPS) is 26.1. The summed E-state index contributed by atoms with van der Waals surface area (Å²) in [4.78, 5) is 2.28. The van der Waals surface area contributed by atoms with E-state index in [1.54, 1.807) is 0 Å². The summed E-state index contributed by atoms with van der Waals surface area (Å²) >= 11 is 6.36. The second-order valence-electron chi connectivity index (χ2n) is 3.75. The molecule has 0 aromatic carbocycles. The third-order valence-corrected chi connectivity index (χ3v) is 3.10. The predicted molar refractivity (Wildman–Crippen MR) is 60.9 cm³/mol. The van der Waals surface area contributed by atoms with E-state index >= 15 is 0 Å². The highest BCUT2D eigenvalue weighted by Crippen LogP contribution is 2.22. The molecular formula is C10H22ClN3. The summed E-state index contributed by atoms with van der Waals surface area (Å²) in [5.41, 5.74) is 0.0616. The number of nitrogens with zero attached hydrogens (tertiary/aromatic N) is 3. The van der Waals surface area contributed by atoms with E-state index in [2.05, 4.69) is 35.7 Å². The van der Waals surface area contributed by atoms with Crippen molar-refractivity contribution < 1.29 is 0 Å². The van der Waals surface area contributed by atoms with Gasteiger partial charge in [0.15, 0.2) is 5.62 Å². The molecule has 4 heteroatoms. The van der Waals surface area contributed by atoms with Crippen LogP contribution >= 0.6 is 11.6 Å². The monoisotopic (exact) mass is 219 g/mol. The van der Waals surface area contributed by atoms with Crippen LogP contribution in [0, 0.1) is 0 Å². The zero-order chi connectivity index (χ0) is 10.6. The first-order valence-corrected chi connectivity index (χ1v) is 6.07. The first-order chi connectivity index (χ1) is 6.74. The summed E-state index contributed by atoms with van der Waals surface area (Å²) in [6.07, 6.45) is 2.34. The molecule has 1 atom stereocenters. The molecule has 1 rings (SSSR count). The van der Waals surface area contributed by atoms with Crippen LogP contribution in [-0.2, 0) is 0 Å². The van der Waals surface area contributed by atoms with Gasteiger partial charge in [-0.3, -0.25) is 4.90 Å². The molecule has 1 fully saturated rings. The van der Waals surface area contributed by atoms with Crippen molar-refractivity contribution >= 4 is 11.6 Å². The molecule has 14 heavy (non-hydrogen) atoms. The predicted octanol–water partition coefficient (Wildman–Crippen LogP) is 2.14. The Hall–Kier alpha value is 0.170. The molecule has 0 spiro atoms. The van der Waals surface area contributed by atoms with E-state index < -0.39 is 0 Å². The fourth-order valence-corrected chi connectivity index (χ4v) is 2.29.